The molecule has 25 heavy (non-hydrogen) atoms. The van der Waals surface area contributed by atoms with Gasteiger partial charge in [0.1, 0.15) is 18.1 Å². The van der Waals surface area contributed by atoms with Gasteiger partial charge in [-0.15, -0.1) is 0 Å². The predicted octanol–water partition coefficient (Wildman–Crippen LogP) is 0.951. The Morgan fingerprint density at radius 3 is 2.56 bits per heavy atom. The SMILES string of the molecule is CC(C(=O)O)N(C(=O)CN1C(=O)NC2(CCCCC2C)C1=O)C1CC1. The lowest BCUT2D eigenvalue weighted by Gasteiger charge is -2.37. The number of urea groups is 1. The van der Waals surface area contributed by atoms with E-state index in [0.717, 1.165) is 37.0 Å². The summed E-state index contributed by atoms with van der Waals surface area (Å²) in [5.41, 5.74) is -0.904. The van der Waals surface area contributed by atoms with Gasteiger partial charge < -0.3 is 15.3 Å². The summed E-state index contributed by atoms with van der Waals surface area (Å²) in [6.07, 6.45) is 4.84. The summed E-state index contributed by atoms with van der Waals surface area (Å²) in [6.45, 7) is 3.01. The highest BCUT2D eigenvalue weighted by molar-refractivity contribution is 6.09. The lowest BCUT2D eigenvalue weighted by atomic mass is 9.73. The quantitative estimate of drug-likeness (QED) is 0.717. The van der Waals surface area contributed by atoms with E-state index in [-0.39, 0.29) is 17.9 Å². The van der Waals surface area contributed by atoms with Crippen molar-refractivity contribution in [2.45, 2.75) is 70.0 Å². The molecule has 3 unspecified atom stereocenters. The zero-order chi connectivity index (χ0) is 18.4. The molecule has 1 saturated heterocycles. The summed E-state index contributed by atoms with van der Waals surface area (Å²) < 4.78 is 0. The highest BCUT2D eigenvalue weighted by atomic mass is 16.4. The van der Waals surface area contributed by atoms with E-state index in [4.69, 9.17) is 0 Å². The summed E-state index contributed by atoms with van der Waals surface area (Å²) in [6, 6.07) is -1.63. The first-order valence-corrected chi connectivity index (χ1v) is 8.96. The molecule has 3 aliphatic rings. The number of amides is 4. The minimum atomic E-state index is -1.09. The molecule has 8 heteroatoms. The summed E-state index contributed by atoms with van der Waals surface area (Å²) in [7, 11) is 0. The van der Waals surface area contributed by atoms with Crippen molar-refractivity contribution in [1.29, 1.82) is 0 Å². The number of carboxylic acids is 1. The fourth-order valence-corrected chi connectivity index (χ4v) is 4.06. The molecule has 3 atom stereocenters. The molecule has 2 aliphatic carbocycles. The number of imide groups is 1. The average Bonchev–Trinajstić information content (AvgIpc) is 3.35. The van der Waals surface area contributed by atoms with Gasteiger partial charge in [0.05, 0.1) is 0 Å². The molecule has 1 aliphatic heterocycles. The number of aliphatic carboxylic acids is 1. The van der Waals surface area contributed by atoms with Gasteiger partial charge in [-0.25, -0.2) is 9.59 Å². The first-order valence-electron chi connectivity index (χ1n) is 8.96. The molecule has 1 heterocycles. The van der Waals surface area contributed by atoms with Gasteiger partial charge in [0.25, 0.3) is 5.91 Å². The molecule has 3 fully saturated rings. The van der Waals surface area contributed by atoms with Crippen LogP contribution in [-0.4, -0.2) is 62.9 Å². The second-order valence-electron chi connectivity index (χ2n) is 7.49. The maximum absolute atomic E-state index is 12.9. The van der Waals surface area contributed by atoms with Crippen LogP contribution in [0.2, 0.25) is 0 Å². The molecule has 3 rings (SSSR count). The number of carbonyl (C=O) groups is 4. The summed E-state index contributed by atoms with van der Waals surface area (Å²) in [4.78, 5) is 51.5. The first-order chi connectivity index (χ1) is 11.8. The van der Waals surface area contributed by atoms with E-state index < -0.39 is 36.0 Å². The largest absolute Gasteiger partial charge is 0.480 e. The molecule has 0 aromatic rings. The van der Waals surface area contributed by atoms with Gasteiger partial charge in [0, 0.05) is 6.04 Å². The number of nitrogens with one attached hydrogen (secondary N) is 1. The summed E-state index contributed by atoms with van der Waals surface area (Å²) >= 11 is 0. The minimum absolute atomic E-state index is 0.0234. The van der Waals surface area contributed by atoms with Crippen LogP contribution in [0.5, 0.6) is 0 Å². The van der Waals surface area contributed by atoms with Gasteiger partial charge in [0.15, 0.2) is 0 Å². The van der Waals surface area contributed by atoms with E-state index in [1.165, 1.54) is 11.8 Å². The number of carboxylic acid groups (broad SMARTS) is 1. The number of rotatable bonds is 5. The molecule has 0 bridgehead atoms. The second-order valence-corrected chi connectivity index (χ2v) is 7.49. The highest BCUT2D eigenvalue weighted by Gasteiger charge is 2.55. The van der Waals surface area contributed by atoms with Crippen molar-refractivity contribution in [2.75, 3.05) is 6.54 Å². The molecule has 0 aromatic heterocycles. The molecule has 8 nitrogen and oxygen atoms in total. The van der Waals surface area contributed by atoms with Crippen LogP contribution in [-0.2, 0) is 14.4 Å². The Bertz CT molecular complexity index is 617. The van der Waals surface area contributed by atoms with Crippen molar-refractivity contribution in [1.82, 2.24) is 15.1 Å². The molecule has 4 amide bonds. The Morgan fingerprint density at radius 1 is 1.32 bits per heavy atom. The fraction of sp³-hybridized carbons (Fsp3) is 0.765. The van der Waals surface area contributed by atoms with E-state index in [1.807, 2.05) is 6.92 Å². The number of hydrogen-bond donors (Lipinski definition) is 2. The Morgan fingerprint density at radius 2 is 2.00 bits per heavy atom. The second kappa shape index (κ2) is 6.31. The van der Waals surface area contributed by atoms with Gasteiger partial charge in [0.2, 0.25) is 5.91 Å². The molecule has 2 N–H and O–H groups in total. The zero-order valence-electron chi connectivity index (χ0n) is 14.7. The Kier molecular flexibility index (Phi) is 4.47. The van der Waals surface area contributed by atoms with Gasteiger partial charge in [-0.05, 0) is 38.5 Å². The predicted molar refractivity (Wildman–Crippen MR) is 87.6 cm³/mol. The van der Waals surface area contributed by atoms with Crippen molar-refractivity contribution in [2.24, 2.45) is 5.92 Å². The zero-order valence-corrected chi connectivity index (χ0v) is 14.7. The normalized spacial score (nSPS) is 30.3. The van der Waals surface area contributed by atoms with Crippen molar-refractivity contribution < 1.29 is 24.3 Å². The van der Waals surface area contributed by atoms with Crippen LogP contribution >= 0.6 is 0 Å². The molecular weight excluding hydrogens is 326 g/mol. The fourth-order valence-electron chi connectivity index (χ4n) is 4.06. The third-order valence-electron chi connectivity index (χ3n) is 5.80. The van der Waals surface area contributed by atoms with E-state index >= 15 is 0 Å². The van der Waals surface area contributed by atoms with Gasteiger partial charge in [-0.2, -0.15) is 0 Å². The van der Waals surface area contributed by atoms with Crippen LogP contribution in [0.1, 0.15) is 52.4 Å². The summed E-state index contributed by atoms with van der Waals surface area (Å²) in [5.74, 6) is -1.90. The first kappa shape index (κ1) is 17.7. The molecule has 1 spiro atoms. The maximum Gasteiger partial charge on any atom is 0.326 e. The van der Waals surface area contributed by atoms with Crippen molar-refractivity contribution in [3.8, 4) is 0 Å². The smallest absolute Gasteiger partial charge is 0.326 e. The molecule has 0 aromatic carbocycles. The molecule has 2 saturated carbocycles. The van der Waals surface area contributed by atoms with Crippen LogP contribution in [0.15, 0.2) is 0 Å². The number of nitrogens with zero attached hydrogens (tertiary/aromatic N) is 2. The molecule has 0 radical (unpaired) electrons. The van der Waals surface area contributed by atoms with Crippen LogP contribution in [0.4, 0.5) is 4.79 Å². The summed E-state index contributed by atoms with van der Waals surface area (Å²) in [5, 5.41) is 12.0. The van der Waals surface area contributed by atoms with Crippen molar-refractivity contribution >= 4 is 23.8 Å². The van der Waals surface area contributed by atoms with Crippen LogP contribution in [0, 0.1) is 5.92 Å². The molecule has 138 valence electrons. The van der Waals surface area contributed by atoms with E-state index in [1.54, 1.807) is 0 Å². The third kappa shape index (κ3) is 2.98. The lowest BCUT2D eigenvalue weighted by molar-refractivity contribution is -0.151. The van der Waals surface area contributed by atoms with Crippen molar-refractivity contribution in [3.63, 3.8) is 0 Å². The van der Waals surface area contributed by atoms with Gasteiger partial charge in [-0.1, -0.05) is 19.8 Å². The topological polar surface area (TPSA) is 107 Å². The number of carbonyl (C=O) groups excluding carboxylic acids is 3. The monoisotopic (exact) mass is 351 g/mol. The lowest BCUT2D eigenvalue weighted by Crippen LogP contribution is -2.54. The van der Waals surface area contributed by atoms with Crippen LogP contribution < -0.4 is 5.32 Å². The van der Waals surface area contributed by atoms with Crippen LogP contribution in [0.3, 0.4) is 0 Å². The van der Waals surface area contributed by atoms with Crippen LogP contribution in [0.25, 0.3) is 0 Å². The van der Waals surface area contributed by atoms with E-state index in [9.17, 15) is 24.3 Å². The van der Waals surface area contributed by atoms with Gasteiger partial charge >= 0.3 is 12.0 Å². The van der Waals surface area contributed by atoms with E-state index in [2.05, 4.69) is 5.32 Å². The van der Waals surface area contributed by atoms with Crippen molar-refractivity contribution in [3.05, 3.63) is 0 Å². The van der Waals surface area contributed by atoms with E-state index in [0.29, 0.717) is 6.42 Å². The third-order valence-corrected chi connectivity index (χ3v) is 5.80. The standard InChI is InChI=1S/C17H25N3O5/c1-10-5-3-4-8-17(10)15(24)19(16(25)18-17)9-13(21)20(12-6-7-12)11(2)14(22)23/h10-12H,3-9H2,1-2H3,(H,18,25)(H,22,23). The maximum atomic E-state index is 12.9. The Balaban J connectivity index is 1.75. The Labute approximate surface area is 146 Å². The Hall–Kier alpha value is -2.12. The average molecular weight is 351 g/mol. The highest BCUT2D eigenvalue weighted by Crippen LogP contribution is 2.38. The molecular formula is C17H25N3O5. The minimum Gasteiger partial charge on any atom is -0.480 e. The number of hydrogen-bond acceptors (Lipinski definition) is 4. The van der Waals surface area contributed by atoms with Gasteiger partial charge in [-0.3, -0.25) is 14.5 Å².